The zero-order chi connectivity index (χ0) is 12.0. The van der Waals surface area contributed by atoms with Crippen LogP contribution in [0, 0.1) is 0 Å². The lowest BCUT2D eigenvalue weighted by atomic mass is 9.98. The third-order valence-electron chi connectivity index (χ3n) is 2.77. The van der Waals surface area contributed by atoms with Gasteiger partial charge in [-0.3, -0.25) is 4.79 Å². The minimum atomic E-state index is -0.799. The smallest absolute Gasteiger partial charge is 0.320 e. The van der Waals surface area contributed by atoms with E-state index in [2.05, 4.69) is 24.4 Å². The van der Waals surface area contributed by atoms with Crippen LogP contribution >= 0.6 is 0 Å². The van der Waals surface area contributed by atoms with Gasteiger partial charge in [0.25, 0.3) is 0 Å². The molecule has 3 nitrogen and oxygen atoms in total. The fraction of sp³-hybridized carbons (Fsp3) is 0.462. The van der Waals surface area contributed by atoms with Crippen LogP contribution in [0.1, 0.15) is 31.7 Å². The summed E-state index contributed by atoms with van der Waals surface area (Å²) in [6.07, 6.45) is 0.946. The van der Waals surface area contributed by atoms with E-state index in [9.17, 15) is 4.79 Å². The van der Waals surface area contributed by atoms with Crippen molar-refractivity contribution in [1.82, 2.24) is 5.32 Å². The van der Waals surface area contributed by atoms with Crippen molar-refractivity contribution >= 4 is 5.97 Å². The Balaban J connectivity index is 2.31. The lowest BCUT2D eigenvalue weighted by molar-refractivity contribution is -0.138. The number of nitrogens with one attached hydrogen (secondary N) is 1. The molecule has 0 saturated heterocycles. The van der Waals surface area contributed by atoms with Crippen LogP contribution in [-0.4, -0.2) is 23.7 Å². The first-order valence-electron chi connectivity index (χ1n) is 5.62. The molecule has 16 heavy (non-hydrogen) atoms. The van der Waals surface area contributed by atoms with E-state index in [1.807, 2.05) is 18.2 Å². The first kappa shape index (κ1) is 12.7. The molecule has 0 bridgehead atoms. The zero-order valence-electron chi connectivity index (χ0n) is 9.81. The number of hydrogen-bond donors (Lipinski definition) is 2. The Bertz CT molecular complexity index is 324. The summed E-state index contributed by atoms with van der Waals surface area (Å²) in [4.78, 5) is 10.6. The van der Waals surface area contributed by atoms with Crippen LogP contribution < -0.4 is 5.32 Å². The van der Waals surface area contributed by atoms with Crippen LogP contribution in [0.15, 0.2) is 30.3 Å². The molecule has 0 amide bonds. The molecule has 2 atom stereocenters. The largest absolute Gasteiger partial charge is 0.480 e. The van der Waals surface area contributed by atoms with Crippen molar-refractivity contribution in [3.05, 3.63) is 35.9 Å². The van der Waals surface area contributed by atoms with E-state index in [0.717, 1.165) is 13.0 Å². The van der Waals surface area contributed by atoms with Crippen molar-refractivity contribution in [2.75, 3.05) is 6.54 Å². The van der Waals surface area contributed by atoms with Gasteiger partial charge >= 0.3 is 5.97 Å². The Kier molecular flexibility index (Phi) is 4.99. The van der Waals surface area contributed by atoms with E-state index in [-0.39, 0.29) is 0 Å². The minimum absolute atomic E-state index is 0.453. The second-order valence-electron chi connectivity index (χ2n) is 4.11. The number of carboxylic acids is 1. The highest BCUT2D eigenvalue weighted by Gasteiger charge is 2.10. The molecule has 0 aliphatic rings. The molecule has 1 aromatic rings. The van der Waals surface area contributed by atoms with Crippen molar-refractivity contribution < 1.29 is 9.90 Å². The van der Waals surface area contributed by atoms with Gasteiger partial charge in [0.2, 0.25) is 0 Å². The number of carbonyl (C=O) groups is 1. The van der Waals surface area contributed by atoms with Gasteiger partial charge in [-0.2, -0.15) is 0 Å². The van der Waals surface area contributed by atoms with Gasteiger partial charge < -0.3 is 10.4 Å². The Hall–Kier alpha value is -1.35. The van der Waals surface area contributed by atoms with Crippen molar-refractivity contribution in [2.45, 2.75) is 32.2 Å². The number of aliphatic carboxylic acids is 1. The van der Waals surface area contributed by atoms with E-state index < -0.39 is 12.0 Å². The summed E-state index contributed by atoms with van der Waals surface area (Å²) in [5, 5.41) is 11.7. The second kappa shape index (κ2) is 6.28. The summed E-state index contributed by atoms with van der Waals surface area (Å²) >= 11 is 0. The van der Waals surface area contributed by atoms with E-state index in [1.165, 1.54) is 5.56 Å². The molecule has 1 aromatic carbocycles. The van der Waals surface area contributed by atoms with Crippen LogP contribution in [0.2, 0.25) is 0 Å². The van der Waals surface area contributed by atoms with Crippen molar-refractivity contribution in [1.29, 1.82) is 0 Å². The number of rotatable bonds is 6. The van der Waals surface area contributed by atoms with Crippen LogP contribution in [0.25, 0.3) is 0 Å². The summed E-state index contributed by atoms with van der Waals surface area (Å²) in [6, 6.07) is 9.79. The maximum atomic E-state index is 10.6. The van der Waals surface area contributed by atoms with E-state index in [1.54, 1.807) is 6.92 Å². The summed E-state index contributed by atoms with van der Waals surface area (Å²) in [7, 11) is 0. The monoisotopic (exact) mass is 221 g/mol. The van der Waals surface area contributed by atoms with Crippen molar-refractivity contribution in [3.63, 3.8) is 0 Å². The third-order valence-corrected chi connectivity index (χ3v) is 2.77. The number of hydrogen-bond acceptors (Lipinski definition) is 2. The maximum absolute atomic E-state index is 10.6. The lowest BCUT2D eigenvalue weighted by Crippen LogP contribution is -2.34. The summed E-state index contributed by atoms with van der Waals surface area (Å²) in [6.45, 7) is 4.54. The first-order chi connectivity index (χ1) is 7.61. The van der Waals surface area contributed by atoms with E-state index in [4.69, 9.17) is 5.11 Å². The van der Waals surface area contributed by atoms with Crippen molar-refractivity contribution in [3.8, 4) is 0 Å². The topological polar surface area (TPSA) is 49.3 Å². The number of benzene rings is 1. The molecule has 3 heteroatoms. The van der Waals surface area contributed by atoms with Crippen LogP contribution in [0.3, 0.4) is 0 Å². The SMILES string of the molecule is CC(NCCC(C)c1ccccc1)C(=O)O. The second-order valence-corrected chi connectivity index (χ2v) is 4.11. The molecule has 0 fully saturated rings. The fourth-order valence-electron chi connectivity index (χ4n) is 1.55. The lowest BCUT2D eigenvalue weighted by Gasteiger charge is -2.14. The molecule has 0 heterocycles. The molecule has 0 saturated carbocycles. The van der Waals surface area contributed by atoms with Crippen molar-refractivity contribution in [2.24, 2.45) is 0 Å². The molecule has 0 aromatic heterocycles. The molecule has 2 unspecified atom stereocenters. The molecule has 0 spiro atoms. The van der Waals surface area contributed by atoms with Gasteiger partial charge in [0.1, 0.15) is 6.04 Å². The molecule has 0 aliphatic heterocycles. The quantitative estimate of drug-likeness (QED) is 0.774. The van der Waals surface area contributed by atoms with E-state index >= 15 is 0 Å². The van der Waals surface area contributed by atoms with Crippen LogP contribution in [-0.2, 0) is 4.79 Å². The zero-order valence-corrected chi connectivity index (χ0v) is 9.81. The molecule has 88 valence electrons. The van der Waals surface area contributed by atoms with Gasteiger partial charge in [-0.05, 0) is 31.4 Å². The summed E-state index contributed by atoms with van der Waals surface area (Å²) in [5.74, 6) is -0.345. The average Bonchev–Trinajstić information content (AvgIpc) is 2.29. The van der Waals surface area contributed by atoms with E-state index in [0.29, 0.717) is 5.92 Å². The standard InChI is InChI=1S/C13H19NO2/c1-10(12-6-4-3-5-7-12)8-9-14-11(2)13(15)16/h3-7,10-11,14H,8-9H2,1-2H3,(H,15,16). The van der Waals surface area contributed by atoms with Crippen LogP contribution in [0.5, 0.6) is 0 Å². The minimum Gasteiger partial charge on any atom is -0.480 e. The Morgan fingerprint density at radius 2 is 1.94 bits per heavy atom. The van der Waals surface area contributed by atoms with Gasteiger partial charge in [0.15, 0.2) is 0 Å². The first-order valence-corrected chi connectivity index (χ1v) is 5.62. The highest BCUT2D eigenvalue weighted by Crippen LogP contribution is 2.17. The molecular formula is C13H19NO2. The maximum Gasteiger partial charge on any atom is 0.320 e. The highest BCUT2D eigenvalue weighted by molar-refractivity contribution is 5.72. The summed E-state index contributed by atoms with van der Waals surface area (Å²) < 4.78 is 0. The van der Waals surface area contributed by atoms with Gasteiger partial charge in [-0.25, -0.2) is 0 Å². The fourth-order valence-corrected chi connectivity index (χ4v) is 1.55. The molecule has 2 N–H and O–H groups in total. The van der Waals surface area contributed by atoms with Gasteiger partial charge in [-0.1, -0.05) is 37.3 Å². The Morgan fingerprint density at radius 1 is 1.31 bits per heavy atom. The molecule has 1 rings (SSSR count). The summed E-state index contributed by atoms with van der Waals surface area (Å²) in [5.41, 5.74) is 1.30. The average molecular weight is 221 g/mol. The van der Waals surface area contributed by atoms with Gasteiger partial charge in [-0.15, -0.1) is 0 Å². The predicted octanol–water partition coefficient (Wildman–Crippen LogP) is 2.24. The number of carboxylic acid groups (broad SMARTS) is 1. The molecule has 0 aliphatic carbocycles. The predicted molar refractivity (Wildman–Crippen MR) is 64.6 cm³/mol. The van der Waals surface area contributed by atoms with Crippen LogP contribution in [0.4, 0.5) is 0 Å². The molecule has 0 radical (unpaired) electrons. The van der Waals surface area contributed by atoms with Gasteiger partial charge in [0.05, 0.1) is 0 Å². The third kappa shape index (κ3) is 4.03. The Labute approximate surface area is 96.5 Å². The molecular weight excluding hydrogens is 202 g/mol. The van der Waals surface area contributed by atoms with Gasteiger partial charge in [0, 0.05) is 0 Å². The normalized spacial score (nSPS) is 14.4. The highest BCUT2D eigenvalue weighted by atomic mass is 16.4. The Morgan fingerprint density at radius 3 is 2.50 bits per heavy atom.